The van der Waals surface area contributed by atoms with Crippen LogP contribution < -0.4 is 5.32 Å². The first-order valence-electron chi connectivity index (χ1n) is 14.0. The Balaban J connectivity index is 1.26. The quantitative estimate of drug-likeness (QED) is 0.316. The van der Waals surface area contributed by atoms with E-state index >= 15 is 0 Å². The molecular formula is C31H32ClFN6O3. The molecule has 11 heteroatoms. The van der Waals surface area contributed by atoms with Crippen LogP contribution in [0.5, 0.6) is 0 Å². The van der Waals surface area contributed by atoms with Crippen molar-refractivity contribution in [2.24, 2.45) is 5.41 Å². The standard InChI is InChI=1S/C31H32ClFN6O3/c1-16(21-6-5-7-23(32)28(21)33)36-30(42)25-11-31(4)12-26(31)39(25)27(41)15-38-24-9-8-19(20-13-34-18(3)35-14-20)10-22(24)29(37-38)17(2)40/h5-10,13-14,16-17,25-26,40H,11-12,15H2,1-4H3,(H,36,42)/t16-,17?,25+,26?,31+/m1/s1. The molecule has 2 N–H and O–H groups in total. The number of fused-ring (bicyclic) bond motifs is 2. The number of nitrogens with zero attached hydrogens (tertiary/aromatic N) is 5. The summed E-state index contributed by atoms with van der Waals surface area (Å²) in [6, 6.07) is 9.01. The van der Waals surface area contributed by atoms with Crippen LogP contribution in [0.25, 0.3) is 22.0 Å². The van der Waals surface area contributed by atoms with Gasteiger partial charge in [0.05, 0.1) is 28.4 Å². The second-order valence-corrected chi connectivity index (χ2v) is 12.1. The minimum Gasteiger partial charge on any atom is -0.387 e. The number of benzene rings is 2. The van der Waals surface area contributed by atoms with Crippen LogP contribution in [0.1, 0.15) is 62.8 Å². The second kappa shape index (κ2) is 10.4. The third-order valence-corrected chi connectivity index (χ3v) is 8.90. The minimum absolute atomic E-state index is 0.0117. The van der Waals surface area contributed by atoms with Crippen molar-refractivity contribution in [3.05, 3.63) is 76.7 Å². The van der Waals surface area contributed by atoms with Gasteiger partial charge in [-0.05, 0) is 62.8 Å². The van der Waals surface area contributed by atoms with Gasteiger partial charge in [0.25, 0.3) is 0 Å². The SMILES string of the molecule is Cc1ncc(-c2ccc3c(c2)c(C(C)O)nn3CC(=O)N2C3C[C@]3(C)C[C@H]2C(=O)N[C@H](C)c2cccc(Cl)c2F)cn1. The molecule has 5 atom stereocenters. The van der Waals surface area contributed by atoms with Crippen molar-refractivity contribution in [1.29, 1.82) is 0 Å². The van der Waals surface area contributed by atoms with Gasteiger partial charge in [0.15, 0.2) is 0 Å². The molecule has 2 unspecified atom stereocenters. The molecule has 2 aromatic carbocycles. The number of aliphatic hydroxyl groups is 1. The van der Waals surface area contributed by atoms with Crippen LogP contribution in [0.2, 0.25) is 5.02 Å². The van der Waals surface area contributed by atoms with Crippen molar-refractivity contribution in [2.75, 3.05) is 0 Å². The van der Waals surface area contributed by atoms with Crippen LogP contribution in [-0.2, 0) is 16.1 Å². The molecule has 1 aliphatic heterocycles. The van der Waals surface area contributed by atoms with E-state index in [1.165, 1.54) is 6.07 Å². The number of nitrogens with one attached hydrogen (secondary N) is 1. The van der Waals surface area contributed by atoms with Gasteiger partial charge in [-0.2, -0.15) is 5.10 Å². The van der Waals surface area contributed by atoms with Crippen molar-refractivity contribution >= 4 is 34.3 Å². The molecule has 0 radical (unpaired) electrons. The number of aliphatic hydroxyl groups excluding tert-OH is 1. The molecule has 2 amide bonds. The fourth-order valence-electron chi connectivity index (χ4n) is 6.17. The molecule has 1 saturated carbocycles. The summed E-state index contributed by atoms with van der Waals surface area (Å²) < 4.78 is 16.2. The molecular weight excluding hydrogens is 559 g/mol. The maximum atomic E-state index is 14.6. The zero-order chi connectivity index (χ0) is 29.9. The molecule has 42 heavy (non-hydrogen) atoms. The van der Waals surface area contributed by atoms with Gasteiger partial charge in [0.1, 0.15) is 24.2 Å². The fourth-order valence-corrected chi connectivity index (χ4v) is 6.35. The lowest BCUT2D eigenvalue weighted by molar-refractivity contribution is -0.140. The first kappa shape index (κ1) is 28.2. The normalized spacial score (nSPS) is 22.6. The first-order chi connectivity index (χ1) is 20.0. The number of hydrogen-bond donors (Lipinski definition) is 2. The molecule has 0 spiro atoms. The van der Waals surface area contributed by atoms with Crippen LogP contribution >= 0.6 is 11.6 Å². The van der Waals surface area contributed by atoms with Gasteiger partial charge >= 0.3 is 0 Å². The predicted molar refractivity (Wildman–Crippen MR) is 156 cm³/mol. The highest BCUT2D eigenvalue weighted by Crippen LogP contribution is 2.59. The highest BCUT2D eigenvalue weighted by molar-refractivity contribution is 6.30. The molecule has 4 aromatic rings. The molecule has 1 aliphatic carbocycles. The molecule has 218 valence electrons. The van der Waals surface area contributed by atoms with Crippen LogP contribution in [0.4, 0.5) is 4.39 Å². The molecule has 2 fully saturated rings. The number of halogens is 2. The highest BCUT2D eigenvalue weighted by atomic mass is 35.5. The lowest BCUT2D eigenvalue weighted by atomic mass is 10.0. The van der Waals surface area contributed by atoms with E-state index in [2.05, 4.69) is 27.3 Å². The Hall–Kier alpha value is -3.89. The van der Waals surface area contributed by atoms with Crippen LogP contribution in [0, 0.1) is 18.2 Å². The Morgan fingerprint density at radius 2 is 1.90 bits per heavy atom. The van der Waals surface area contributed by atoms with Gasteiger partial charge in [-0.25, -0.2) is 14.4 Å². The van der Waals surface area contributed by atoms with E-state index in [0.29, 0.717) is 23.5 Å². The van der Waals surface area contributed by atoms with E-state index in [9.17, 15) is 19.1 Å². The lowest BCUT2D eigenvalue weighted by Gasteiger charge is -2.28. The van der Waals surface area contributed by atoms with E-state index in [-0.39, 0.29) is 40.4 Å². The molecule has 2 aromatic heterocycles. The zero-order valence-corrected chi connectivity index (χ0v) is 24.6. The predicted octanol–water partition coefficient (Wildman–Crippen LogP) is 4.90. The summed E-state index contributed by atoms with van der Waals surface area (Å²) in [4.78, 5) is 37.5. The zero-order valence-electron chi connectivity index (χ0n) is 23.8. The van der Waals surface area contributed by atoms with Crippen LogP contribution in [-0.4, -0.2) is 53.7 Å². The highest BCUT2D eigenvalue weighted by Gasteiger charge is 2.64. The van der Waals surface area contributed by atoms with Crippen molar-refractivity contribution in [3.8, 4) is 11.1 Å². The summed E-state index contributed by atoms with van der Waals surface area (Å²) in [6.07, 6.45) is 3.97. The Morgan fingerprint density at radius 1 is 1.17 bits per heavy atom. The molecule has 3 heterocycles. The van der Waals surface area contributed by atoms with Crippen molar-refractivity contribution < 1.29 is 19.1 Å². The summed E-state index contributed by atoms with van der Waals surface area (Å²) in [7, 11) is 0. The first-order valence-corrected chi connectivity index (χ1v) is 14.4. The Labute approximate surface area is 247 Å². The molecule has 9 nitrogen and oxygen atoms in total. The number of aromatic nitrogens is 4. The largest absolute Gasteiger partial charge is 0.387 e. The molecule has 1 saturated heterocycles. The maximum absolute atomic E-state index is 14.6. The second-order valence-electron chi connectivity index (χ2n) is 11.7. The van der Waals surface area contributed by atoms with Gasteiger partial charge in [-0.3, -0.25) is 14.3 Å². The number of carbonyl (C=O) groups is 2. The smallest absolute Gasteiger partial charge is 0.245 e. The number of aryl methyl sites for hydroxylation is 1. The maximum Gasteiger partial charge on any atom is 0.245 e. The molecule has 2 aliphatic rings. The average molecular weight is 591 g/mol. The lowest BCUT2D eigenvalue weighted by Crippen LogP contribution is -2.49. The number of likely N-dealkylation sites (tertiary alicyclic amines) is 1. The summed E-state index contributed by atoms with van der Waals surface area (Å²) in [5, 5.41) is 18.7. The topological polar surface area (TPSA) is 113 Å². The third-order valence-electron chi connectivity index (χ3n) is 8.61. The third kappa shape index (κ3) is 4.92. The van der Waals surface area contributed by atoms with E-state index in [4.69, 9.17) is 11.6 Å². The van der Waals surface area contributed by atoms with Crippen LogP contribution in [0.15, 0.2) is 48.8 Å². The van der Waals surface area contributed by atoms with E-state index in [1.807, 2.05) is 25.1 Å². The number of hydrogen-bond acceptors (Lipinski definition) is 6. The fraction of sp³-hybridized carbons (Fsp3) is 0.387. The van der Waals surface area contributed by atoms with Crippen molar-refractivity contribution in [1.82, 2.24) is 30.0 Å². The van der Waals surface area contributed by atoms with Gasteiger partial charge in [-0.1, -0.05) is 36.7 Å². The summed E-state index contributed by atoms with van der Waals surface area (Å²) in [6.45, 7) is 7.14. The molecule has 0 bridgehead atoms. The van der Waals surface area contributed by atoms with Crippen LogP contribution in [0.3, 0.4) is 0 Å². The average Bonchev–Trinajstić information content (AvgIpc) is 3.32. The van der Waals surface area contributed by atoms with Gasteiger partial charge in [0, 0.05) is 34.9 Å². The Bertz CT molecular complexity index is 1710. The molecule has 6 rings (SSSR count). The van der Waals surface area contributed by atoms with E-state index in [0.717, 1.165) is 22.9 Å². The number of piperidine rings is 1. The van der Waals surface area contributed by atoms with E-state index < -0.39 is 24.0 Å². The summed E-state index contributed by atoms with van der Waals surface area (Å²) in [5.41, 5.74) is 2.99. The van der Waals surface area contributed by atoms with Crippen molar-refractivity contribution in [2.45, 2.75) is 71.3 Å². The summed E-state index contributed by atoms with van der Waals surface area (Å²) in [5.74, 6) is -0.467. The number of carbonyl (C=O) groups excluding carboxylic acids is 2. The Kier molecular flexibility index (Phi) is 7.01. The number of amides is 2. The van der Waals surface area contributed by atoms with Gasteiger partial charge < -0.3 is 15.3 Å². The Morgan fingerprint density at radius 3 is 2.62 bits per heavy atom. The van der Waals surface area contributed by atoms with Crippen molar-refractivity contribution in [3.63, 3.8) is 0 Å². The van der Waals surface area contributed by atoms with E-state index in [1.54, 1.807) is 48.0 Å². The number of rotatable bonds is 7. The monoisotopic (exact) mass is 590 g/mol. The van der Waals surface area contributed by atoms with Gasteiger partial charge in [0.2, 0.25) is 11.8 Å². The van der Waals surface area contributed by atoms with Gasteiger partial charge in [-0.15, -0.1) is 0 Å². The summed E-state index contributed by atoms with van der Waals surface area (Å²) >= 11 is 5.94. The minimum atomic E-state index is -0.862.